The molecule has 9 heteroatoms. The minimum atomic E-state index is -0.637. The first-order chi connectivity index (χ1) is 16.8. The van der Waals surface area contributed by atoms with Gasteiger partial charge in [-0.15, -0.1) is 0 Å². The smallest absolute Gasteiger partial charge is 0.255 e. The number of aromatic nitrogens is 4. The second kappa shape index (κ2) is 8.45. The lowest BCUT2D eigenvalue weighted by atomic mass is 10.1. The Bertz CT molecular complexity index is 1600. The van der Waals surface area contributed by atoms with Crippen LogP contribution in [0.4, 0.5) is 0 Å². The Hall–Kier alpha value is -4.50. The highest BCUT2D eigenvalue weighted by atomic mass is 16.5. The van der Waals surface area contributed by atoms with Gasteiger partial charge in [-0.1, -0.05) is 0 Å². The van der Waals surface area contributed by atoms with Gasteiger partial charge in [0.05, 0.1) is 40.8 Å². The molecule has 0 saturated heterocycles. The van der Waals surface area contributed by atoms with Crippen LogP contribution in [-0.2, 0) is 9.53 Å². The number of nitrogens with two attached hydrogens (primary N) is 1. The highest BCUT2D eigenvalue weighted by molar-refractivity contribution is 6.24. The molecular weight excluding hydrogens is 432 g/mol. The fourth-order valence-corrected chi connectivity index (χ4v) is 3.73. The minimum Gasteiger partial charge on any atom is -0.366 e. The summed E-state index contributed by atoms with van der Waals surface area (Å²) in [5.41, 5.74) is 10.6. The highest BCUT2D eigenvalue weighted by Gasteiger charge is 2.20. The van der Waals surface area contributed by atoms with Gasteiger partial charge in [-0.2, -0.15) is 0 Å². The zero-order valence-electron chi connectivity index (χ0n) is 19.5. The number of primary amides is 1. The number of hydrogen-bond donors (Lipinski definition) is 4. The van der Waals surface area contributed by atoms with Crippen molar-refractivity contribution in [2.24, 2.45) is 5.73 Å². The molecule has 170 valence electrons. The summed E-state index contributed by atoms with van der Waals surface area (Å²) in [5.74, 6) is -1.02. The summed E-state index contributed by atoms with van der Waals surface area (Å²) in [6.45, 7) is 1.71. The van der Waals surface area contributed by atoms with Gasteiger partial charge >= 0.3 is 0 Å². The van der Waals surface area contributed by atoms with E-state index in [2.05, 4.69) is 25.3 Å². The van der Waals surface area contributed by atoms with Crippen LogP contribution in [-0.4, -0.2) is 45.1 Å². The lowest BCUT2D eigenvalue weighted by Gasteiger charge is -2.11. The number of amides is 2. The number of ether oxygens (including phenoxy) is 1. The number of carbonyl (C=O) groups is 2. The predicted octanol–water partition coefficient (Wildman–Crippen LogP) is 3.23. The molecule has 5 N–H and O–H groups in total. The number of fused-ring (bicyclic) bond motifs is 8. The van der Waals surface area contributed by atoms with Crippen molar-refractivity contribution in [1.82, 2.24) is 25.3 Å². The summed E-state index contributed by atoms with van der Waals surface area (Å²) in [4.78, 5) is 40.7. The van der Waals surface area contributed by atoms with E-state index >= 15 is 0 Å². The van der Waals surface area contributed by atoms with Gasteiger partial charge in [-0.05, 0) is 67.6 Å². The fourth-order valence-electron chi connectivity index (χ4n) is 3.73. The van der Waals surface area contributed by atoms with Crippen LogP contribution in [0.15, 0.2) is 42.4 Å². The largest absolute Gasteiger partial charge is 0.366 e. The number of carbonyl (C=O) groups excluding carboxylic acids is 2. The molecule has 0 radical (unpaired) electrons. The van der Waals surface area contributed by atoms with Crippen molar-refractivity contribution in [1.29, 1.82) is 0 Å². The second-order valence-corrected chi connectivity index (χ2v) is 7.90. The molecule has 9 nitrogen and oxygen atoms in total. The summed E-state index contributed by atoms with van der Waals surface area (Å²) < 4.78 is 13.4. The van der Waals surface area contributed by atoms with Crippen LogP contribution in [0.2, 0.25) is 0 Å². The Morgan fingerprint density at radius 1 is 1.03 bits per heavy atom. The van der Waals surface area contributed by atoms with E-state index in [0.717, 1.165) is 0 Å². The van der Waals surface area contributed by atoms with E-state index in [1.807, 2.05) is 18.2 Å². The van der Waals surface area contributed by atoms with Crippen molar-refractivity contribution in [2.75, 3.05) is 7.11 Å². The SMILES string of the molecule is [2H]c1cc2cc3nc(cc4nc(cc5[nH]c(cc5C(N)=O)cc1[nH]2)C(C(=O)NC(C)OC)=C4)C=C3. The molecule has 0 fully saturated rings. The van der Waals surface area contributed by atoms with Crippen molar-refractivity contribution in [2.45, 2.75) is 13.2 Å². The van der Waals surface area contributed by atoms with E-state index in [4.69, 9.17) is 11.8 Å². The Morgan fingerprint density at radius 3 is 2.59 bits per heavy atom. The minimum absolute atomic E-state index is 0.234. The van der Waals surface area contributed by atoms with Gasteiger partial charge in [0, 0.05) is 23.7 Å². The molecule has 1 atom stereocenters. The zero-order valence-corrected chi connectivity index (χ0v) is 18.5. The second-order valence-electron chi connectivity index (χ2n) is 7.90. The van der Waals surface area contributed by atoms with Crippen LogP contribution in [0.25, 0.3) is 45.9 Å². The maximum absolute atomic E-state index is 13.0. The summed E-state index contributed by atoms with van der Waals surface area (Å²) in [6, 6.07) is 10.5. The molecule has 2 aliphatic rings. The molecule has 2 amide bonds. The van der Waals surface area contributed by atoms with Crippen molar-refractivity contribution >= 4 is 57.7 Å². The third-order valence-electron chi connectivity index (χ3n) is 5.41. The monoisotopic (exact) mass is 455 g/mol. The van der Waals surface area contributed by atoms with Gasteiger partial charge in [0.25, 0.3) is 11.8 Å². The van der Waals surface area contributed by atoms with Crippen molar-refractivity contribution in [3.63, 3.8) is 0 Å². The molecular formula is C25H22N6O3. The molecule has 0 aliphatic carbocycles. The van der Waals surface area contributed by atoms with E-state index in [1.54, 1.807) is 43.3 Å². The number of H-pyrrole nitrogens is 2. The average molecular weight is 455 g/mol. The molecule has 0 spiro atoms. The Kier molecular flexibility index (Phi) is 5.00. The maximum atomic E-state index is 13.0. The van der Waals surface area contributed by atoms with Gasteiger partial charge in [0.15, 0.2) is 0 Å². The van der Waals surface area contributed by atoms with E-state index in [9.17, 15) is 9.59 Å². The first-order valence-corrected chi connectivity index (χ1v) is 10.6. The molecule has 1 unspecified atom stereocenters. The van der Waals surface area contributed by atoms with E-state index in [0.29, 0.717) is 50.4 Å². The van der Waals surface area contributed by atoms with E-state index in [-0.39, 0.29) is 17.5 Å². The van der Waals surface area contributed by atoms with Gasteiger partial charge in [0.2, 0.25) is 0 Å². The van der Waals surface area contributed by atoms with Gasteiger partial charge in [0.1, 0.15) is 6.23 Å². The molecule has 3 aromatic heterocycles. The van der Waals surface area contributed by atoms with E-state index in [1.165, 1.54) is 7.11 Å². The molecule has 2 aliphatic heterocycles. The summed E-state index contributed by atoms with van der Waals surface area (Å²) in [6.07, 6.45) is 4.85. The standard InChI is InChI=1S/C25H22N6O3/c1-13(34-2)27-25(33)21-11-19-9-17-6-4-15(29-17)7-14-3-5-16(28-14)8-18-10-20(24(26)32)22(30-18)12-23(21)31-19/h3-13,28,30H,1-2H3,(H2,26,32)(H,27,33)/i5D. The van der Waals surface area contributed by atoms with Crippen LogP contribution in [0.5, 0.6) is 0 Å². The maximum Gasteiger partial charge on any atom is 0.255 e. The number of aromatic amines is 2. The number of nitrogens with zero attached hydrogens (tertiary/aromatic N) is 2. The molecule has 5 heterocycles. The predicted molar refractivity (Wildman–Crippen MR) is 131 cm³/mol. The highest BCUT2D eigenvalue weighted by Crippen LogP contribution is 2.25. The van der Waals surface area contributed by atoms with Crippen LogP contribution >= 0.6 is 0 Å². The molecule has 8 bridgehead atoms. The lowest BCUT2D eigenvalue weighted by Crippen LogP contribution is -2.34. The third-order valence-corrected chi connectivity index (χ3v) is 5.41. The number of rotatable bonds is 4. The van der Waals surface area contributed by atoms with E-state index < -0.39 is 12.1 Å². The van der Waals surface area contributed by atoms with Crippen LogP contribution in [0.1, 0.15) is 41.4 Å². The van der Waals surface area contributed by atoms with Crippen molar-refractivity contribution in [3.8, 4) is 0 Å². The lowest BCUT2D eigenvalue weighted by molar-refractivity contribution is -0.118. The number of methoxy groups -OCH3 is 1. The van der Waals surface area contributed by atoms with Crippen molar-refractivity contribution in [3.05, 3.63) is 70.8 Å². The van der Waals surface area contributed by atoms with Crippen molar-refractivity contribution < 1.29 is 15.7 Å². The molecule has 34 heavy (non-hydrogen) atoms. The normalized spacial score (nSPS) is 13.8. The fraction of sp³-hybridized carbons (Fsp3) is 0.120. The van der Waals surface area contributed by atoms with Gasteiger partial charge in [-0.25, -0.2) is 9.97 Å². The average Bonchev–Trinajstić information content (AvgIpc) is 3.57. The van der Waals surface area contributed by atoms with Gasteiger partial charge < -0.3 is 25.8 Å². The van der Waals surface area contributed by atoms with Crippen LogP contribution in [0, 0.1) is 0 Å². The molecule has 0 aromatic carbocycles. The van der Waals surface area contributed by atoms with Crippen LogP contribution < -0.4 is 11.1 Å². The Labute approximate surface area is 195 Å². The topological polar surface area (TPSA) is 139 Å². The summed E-state index contributed by atoms with van der Waals surface area (Å²) >= 11 is 0. The summed E-state index contributed by atoms with van der Waals surface area (Å²) in [7, 11) is 1.49. The third kappa shape index (κ3) is 4.24. The molecule has 3 aromatic rings. The van der Waals surface area contributed by atoms with Gasteiger partial charge in [-0.3, -0.25) is 9.59 Å². The first-order valence-electron chi connectivity index (χ1n) is 11.1. The number of nitrogens with one attached hydrogen (secondary N) is 3. The Balaban J connectivity index is 1.81. The molecule has 0 saturated carbocycles. The Morgan fingerprint density at radius 2 is 1.82 bits per heavy atom. The first kappa shape index (κ1) is 20.1. The summed E-state index contributed by atoms with van der Waals surface area (Å²) in [5, 5.41) is 2.75. The van der Waals surface area contributed by atoms with Crippen LogP contribution in [0.3, 0.4) is 0 Å². The number of hydrogen-bond acceptors (Lipinski definition) is 5. The zero-order chi connectivity index (χ0) is 24.7. The molecule has 5 rings (SSSR count). The quantitative estimate of drug-likeness (QED) is 0.350.